The van der Waals surface area contributed by atoms with Crippen LogP contribution in [0.2, 0.25) is 0 Å². The van der Waals surface area contributed by atoms with Crippen molar-refractivity contribution in [1.29, 1.82) is 0 Å². The molecule has 3 fully saturated rings. The van der Waals surface area contributed by atoms with Crippen LogP contribution < -0.4 is 15.8 Å². The molecule has 0 radical (unpaired) electrons. The van der Waals surface area contributed by atoms with E-state index in [0.29, 0.717) is 40.9 Å². The summed E-state index contributed by atoms with van der Waals surface area (Å²) in [7, 11) is 3.58. The Morgan fingerprint density at radius 3 is 2.64 bits per heavy atom. The van der Waals surface area contributed by atoms with Gasteiger partial charge in [-0.25, -0.2) is 14.4 Å². The van der Waals surface area contributed by atoms with Crippen LogP contribution in [-0.4, -0.2) is 67.2 Å². The Kier molecular flexibility index (Phi) is 7.14. The first kappa shape index (κ1) is 29.7. The second-order valence-corrected chi connectivity index (χ2v) is 13.8. The first-order valence-corrected chi connectivity index (χ1v) is 16.0. The van der Waals surface area contributed by atoms with Gasteiger partial charge in [-0.1, -0.05) is 0 Å². The average Bonchev–Trinajstić information content (AvgIpc) is 3.47. The second kappa shape index (κ2) is 10.8. The van der Waals surface area contributed by atoms with Crippen LogP contribution in [0.15, 0.2) is 30.3 Å². The number of ether oxygens (including phenoxy) is 1. The zero-order chi connectivity index (χ0) is 31.8. The third kappa shape index (κ3) is 5.24. The lowest BCUT2D eigenvalue weighted by Gasteiger charge is -2.37. The molecule has 10 nitrogen and oxygen atoms in total. The summed E-state index contributed by atoms with van der Waals surface area (Å²) in [6, 6.07) is 9.43. The molecule has 11 heteroatoms. The zero-order valence-corrected chi connectivity index (χ0v) is 26.6. The summed E-state index contributed by atoms with van der Waals surface area (Å²) in [5.74, 6) is 1.69. The van der Waals surface area contributed by atoms with Crippen molar-refractivity contribution in [3.63, 3.8) is 0 Å². The van der Waals surface area contributed by atoms with Crippen molar-refractivity contribution in [2.45, 2.75) is 83.2 Å². The number of amides is 2. The number of alkyl halides is 1. The van der Waals surface area contributed by atoms with Gasteiger partial charge in [0.05, 0.1) is 30.1 Å². The van der Waals surface area contributed by atoms with Crippen LogP contribution in [0.5, 0.6) is 5.75 Å². The van der Waals surface area contributed by atoms with Gasteiger partial charge in [0.15, 0.2) is 11.5 Å². The topological polar surface area (TPSA) is 120 Å². The number of imidazole rings is 1. The van der Waals surface area contributed by atoms with E-state index in [1.54, 1.807) is 7.11 Å². The maximum Gasteiger partial charge on any atom is 0.257 e. The predicted molar refractivity (Wildman–Crippen MR) is 171 cm³/mol. The van der Waals surface area contributed by atoms with Crippen molar-refractivity contribution >= 4 is 33.9 Å². The molecule has 3 aliphatic rings. The number of rotatable bonds is 8. The van der Waals surface area contributed by atoms with Gasteiger partial charge in [-0.05, 0) is 95.0 Å². The number of fused-ring (bicyclic) bond motifs is 4. The lowest BCUT2D eigenvalue weighted by molar-refractivity contribution is -0.131. The number of aromatic nitrogens is 4. The smallest absolute Gasteiger partial charge is 0.257 e. The van der Waals surface area contributed by atoms with Crippen LogP contribution in [0, 0.1) is 11.8 Å². The molecule has 3 aromatic heterocycles. The molecule has 4 atom stereocenters. The van der Waals surface area contributed by atoms with Gasteiger partial charge in [0.25, 0.3) is 11.8 Å². The van der Waals surface area contributed by atoms with Crippen LogP contribution in [-0.2, 0) is 18.4 Å². The van der Waals surface area contributed by atoms with E-state index < -0.39 is 17.6 Å². The molecule has 2 amide bonds. The molecule has 0 unspecified atom stereocenters. The van der Waals surface area contributed by atoms with E-state index in [4.69, 9.17) is 20.4 Å². The van der Waals surface area contributed by atoms with E-state index in [2.05, 4.69) is 16.0 Å². The monoisotopic (exact) mass is 615 g/mol. The largest absolute Gasteiger partial charge is 0.494 e. The summed E-state index contributed by atoms with van der Waals surface area (Å²) in [5, 5.41) is 3.70. The lowest BCUT2D eigenvalue weighted by atomic mass is 9.94. The number of nitrogens with two attached hydrogens (primary N) is 1. The van der Waals surface area contributed by atoms with Crippen LogP contribution in [0.1, 0.15) is 75.0 Å². The SMILES string of the molecule is COc1cc(C(=O)N2C[C@H](N)[C@@H]3CC[C@H]2C3)cc2nc(-c3cc4ccc([C@@H](C)NC(=O)C(C)(C)F)nc4n3CC3CC3)n(C)c12. The molecule has 1 aliphatic heterocycles. The van der Waals surface area contributed by atoms with Crippen LogP contribution in [0.4, 0.5) is 4.39 Å². The Morgan fingerprint density at radius 1 is 1.16 bits per heavy atom. The summed E-state index contributed by atoms with van der Waals surface area (Å²) in [5.41, 5.74) is 8.85. The van der Waals surface area contributed by atoms with Crippen molar-refractivity contribution in [2.75, 3.05) is 13.7 Å². The number of likely N-dealkylation sites (tertiary alicyclic amines) is 1. The van der Waals surface area contributed by atoms with Gasteiger partial charge in [0.1, 0.15) is 16.9 Å². The van der Waals surface area contributed by atoms with Gasteiger partial charge < -0.3 is 29.8 Å². The highest BCUT2D eigenvalue weighted by atomic mass is 19.1. The van der Waals surface area contributed by atoms with Crippen molar-refractivity contribution in [3.8, 4) is 17.3 Å². The molecule has 2 bridgehead atoms. The predicted octanol–water partition coefficient (Wildman–Crippen LogP) is 4.89. The minimum Gasteiger partial charge on any atom is -0.494 e. The Bertz CT molecular complexity index is 1820. The fourth-order valence-electron chi connectivity index (χ4n) is 7.18. The molecule has 4 heterocycles. The van der Waals surface area contributed by atoms with E-state index in [1.165, 1.54) is 13.8 Å². The molecule has 2 saturated carbocycles. The summed E-state index contributed by atoms with van der Waals surface area (Å²) < 4.78 is 24.3. The summed E-state index contributed by atoms with van der Waals surface area (Å²) in [6.45, 7) is 5.67. The van der Waals surface area contributed by atoms with Gasteiger partial charge in [-0.3, -0.25) is 9.59 Å². The fourth-order valence-corrected chi connectivity index (χ4v) is 7.18. The molecule has 3 N–H and O–H groups in total. The Hall–Kier alpha value is -3.99. The van der Waals surface area contributed by atoms with Crippen LogP contribution in [0.25, 0.3) is 33.6 Å². The van der Waals surface area contributed by atoms with E-state index in [0.717, 1.165) is 66.7 Å². The van der Waals surface area contributed by atoms with Gasteiger partial charge >= 0.3 is 0 Å². The van der Waals surface area contributed by atoms with Crippen LogP contribution >= 0.6 is 0 Å². The van der Waals surface area contributed by atoms with Crippen molar-refractivity contribution in [2.24, 2.45) is 24.6 Å². The highest BCUT2D eigenvalue weighted by Gasteiger charge is 2.41. The van der Waals surface area contributed by atoms with Gasteiger partial charge in [-0.15, -0.1) is 0 Å². The number of benzene rings is 1. The number of aryl methyl sites for hydroxylation is 1. The number of carbonyl (C=O) groups excluding carboxylic acids is 2. The molecule has 0 spiro atoms. The molecule has 1 saturated heterocycles. The quantitative estimate of drug-likeness (QED) is 0.291. The fraction of sp³-hybridized carbons (Fsp3) is 0.529. The molecule has 4 aromatic rings. The summed E-state index contributed by atoms with van der Waals surface area (Å²) in [6.07, 6.45) is 5.36. The van der Waals surface area contributed by atoms with Crippen molar-refractivity contribution in [3.05, 3.63) is 41.6 Å². The standard InChI is InChI=1S/C34H42FN7O3/c1-18(37-33(44)34(2,3)35)25-11-9-21-14-27(42(30(21)38-25)16-19-6-7-19)31-39-26-13-22(15-28(45-5)29(26)40(31)4)32(43)41-17-24(36)20-8-10-23(41)12-20/h9,11,13-15,18-20,23-24H,6-8,10,12,16-17,36H2,1-5H3,(H,37,44)/t18-,20-,23+,24+/m1/s1. The first-order chi connectivity index (χ1) is 21.4. The number of piperidine rings is 1. The molecule has 7 rings (SSSR count). The normalized spacial score (nSPS) is 22.3. The summed E-state index contributed by atoms with van der Waals surface area (Å²) in [4.78, 5) is 38.2. The zero-order valence-electron chi connectivity index (χ0n) is 26.6. The van der Waals surface area contributed by atoms with E-state index >= 15 is 0 Å². The third-order valence-corrected chi connectivity index (χ3v) is 10.0. The van der Waals surface area contributed by atoms with Crippen molar-refractivity contribution in [1.82, 2.24) is 29.3 Å². The highest BCUT2D eigenvalue weighted by Crippen LogP contribution is 2.40. The lowest BCUT2D eigenvalue weighted by Crippen LogP contribution is -2.51. The maximum atomic E-state index is 14.2. The number of pyridine rings is 1. The second-order valence-electron chi connectivity index (χ2n) is 13.8. The van der Waals surface area contributed by atoms with Gasteiger partial charge in [0, 0.05) is 43.2 Å². The van der Waals surface area contributed by atoms with E-state index in [-0.39, 0.29) is 18.0 Å². The Morgan fingerprint density at radius 2 is 1.93 bits per heavy atom. The molecule has 238 valence electrons. The molecular formula is C34H42FN7O3. The number of nitrogens with zero attached hydrogens (tertiary/aromatic N) is 5. The molecule has 45 heavy (non-hydrogen) atoms. The van der Waals surface area contributed by atoms with Gasteiger partial charge in [-0.2, -0.15) is 0 Å². The number of hydrogen-bond acceptors (Lipinski definition) is 6. The minimum atomic E-state index is -1.98. The maximum absolute atomic E-state index is 14.2. The minimum absolute atomic E-state index is 0.0112. The number of methoxy groups -OCH3 is 1. The summed E-state index contributed by atoms with van der Waals surface area (Å²) >= 11 is 0. The first-order valence-electron chi connectivity index (χ1n) is 16.0. The van der Waals surface area contributed by atoms with Crippen molar-refractivity contribution < 1.29 is 18.7 Å². The Labute approximate surface area is 262 Å². The molecule has 1 aromatic carbocycles. The number of carbonyl (C=O) groups is 2. The average molecular weight is 616 g/mol. The highest BCUT2D eigenvalue weighted by molar-refractivity contribution is 6.00. The number of nitrogens with one attached hydrogen (secondary N) is 1. The van der Waals surface area contributed by atoms with E-state index in [9.17, 15) is 14.0 Å². The number of hydrogen-bond donors (Lipinski definition) is 2. The van der Waals surface area contributed by atoms with Crippen LogP contribution in [0.3, 0.4) is 0 Å². The molecule has 2 aliphatic carbocycles. The number of halogens is 1. The van der Waals surface area contributed by atoms with E-state index in [1.807, 2.05) is 47.7 Å². The van der Waals surface area contributed by atoms with Gasteiger partial charge in [0.2, 0.25) is 0 Å². The Balaban J connectivity index is 1.29. The third-order valence-electron chi connectivity index (χ3n) is 10.0. The molecular weight excluding hydrogens is 573 g/mol.